The van der Waals surface area contributed by atoms with Crippen LogP contribution in [0, 0.1) is 0 Å². The maximum Gasteiger partial charge on any atom is 0.246 e. The topological polar surface area (TPSA) is 222 Å². The third-order valence-electron chi connectivity index (χ3n) is 8.09. The van der Waals surface area contributed by atoms with Crippen molar-refractivity contribution in [2.45, 2.75) is 56.3 Å². The summed E-state index contributed by atoms with van der Waals surface area (Å²) in [4.78, 5) is 87.6. The van der Waals surface area contributed by atoms with Gasteiger partial charge < -0.3 is 32.1 Å². The Balaban J connectivity index is 1.42. The molecular weight excluding hydrogens is 662 g/mol. The van der Waals surface area contributed by atoms with Crippen LogP contribution in [0.1, 0.15) is 35.4 Å². The van der Waals surface area contributed by atoms with Crippen LogP contribution in [-0.2, 0) is 48.0 Å². The van der Waals surface area contributed by atoms with Gasteiger partial charge in [-0.15, -0.1) is 11.8 Å². The van der Waals surface area contributed by atoms with Gasteiger partial charge in [0.05, 0.1) is 12.2 Å². The van der Waals surface area contributed by atoms with E-state index in [1.165, 1.54) is 23.9 Å². The van der Waals surface area contributed by atoms with Gasteiger partial charge in [0.2, 0.25) is 29.5 Å². The highest BCUT2D eigenvalue weighted by Gasteiger charge is 2.31. The summed E-state index contributed by atoms with van der Waals surface area (Å²) >= 11 is 1.30. The molecule has 3 aromatic rings. The zero-order valence-corrected chi connectivity index (χ0v) is 27.8. The smallest absolute Gasteiger partial charge is 0.246 e. The summed E-state index contributed by atoms with van der Waals surface area (Å²) in [5.41, 5.74) is 7.97. The van der Waals surface area contributed by atoms with Crippen molar-refractivity contribution in [3.63, 3.8) is 0 Å². The summed E-state index contributed by atoms with van der Waals surface area (Å²) in [6.45, 7) is -0.397. The van der Waals surface area contributed by atoms with Gasteiger partial charge in [-0.2, -0.15) is 0 Å². The van der Waals surface area contributed by atoms with Crippen LogP contribution in [-0.4, -0.2) is 86.9 Å². The number of aromatic hydroxyl groups is 1. The number of nitrogens with two attached hydrogens (primary N) is 1. The number of hydrogen-bond donors (Lipinski definition) is 6. The molecule has 1 aromatic heterocycles. The quantitative estimate of drug-likeness (QED) is 0.212. The van der Waals surface area contributed by atoms with Crippen molar-refractivity contribution in [3.05, 3.63) is 95.3 Å². The molecule has 0 aliphatic carbocycles. The lowest BCUT2D eigenvalue weighted by Crippen LogP contribution is -2.54. The molecule has 0 spiro atoms. The van der Waals surface area contributed by atoms with Crippen LogP contribution in [0.15, 0.2) is 77.8 Å². The number of hydrogen-bond acceptors (Lipinski definition) is 10. The Morgan fingerprint density at radius 3 is 2.22 bits per heavy atom. The van der Waals surface area contributed by atoms with Crippen LogP contribution in [0.4, 0.5) is 0 Å². The fraction of sp³-hybridized carbons (Fsp3) is 0.314. The van der Waals surface area contributed by atoms with E-state index in [9.17, 15) is 33.9 Å². The van der Waals surface area contributed by atoms with Crippen LogP contribution >= 0.6 is 11.8 Å². The number of carbonyl (C=O) groups is 6. The molecule has 4 atom stereocenters. The molecule has 0 fully saturated rings. The molecule has 5 rings (SSSR count). The lowest BCUT2D eigenvalue weighted by molar-refractivity contribution is -0.132. The lowest BCUT2D eigenvalue weighted by atomic mass is 10.0. The van der Waals surface area contributed by atoms with Crippen molar-refractivity contribution < 1.29 is 33.9 Å². The Hall–Kier alpha value is -5.57. The van der Waals surface area contributed by atoms with Gasteiger partial charge in [-0.05, 0) is 35.4 Å². The number of ketones is 1. The highest BCUT2D eigenvalue weighted by molar-refractivity contribution is 8.14. The second-order valence-electron chi connectivity index (χ2n) is 11.9. The molecule has 0 saturated heterocycles. The molecule has 5 amide bonds. The average Bonchev–Trinajstić information content (AvgIpc) is 3.61. The fourth-order valence-electron chi connectivity index (χ4n) is 5.39. The number of rotatable bonds is 5. The van der Waals surface area contributed by atoms with E-state index in [4.69, 9.17) is 5.73 Å². The van der Waals surface area contributed by atoms with Crippen LogP contribution in [0.25, 0.3) is 0 Å². The number of carbonyl (C=O) groups excluding carboxylic acids is 6. The molecule has 14 nitrogen and oxygen atoms in total. The molecular formula is C35H37N7O7S. The molecule has 3 heterocycles. The zero-order valence-electron chi connectivity index (χ0n) is 27.0. The summed E-state index contributed by atoms with van der Waals surface area (Å²) in [5, 5.41) is 20.8. The molecule has 2 aromatic carbocycles. The standard InChI is InChI=1S/C35H37N7O7S/c36-31(46)26-17-22-7-4-8-25(38-22)35-42-29(19-50-35)34(49)41-27(16-21-9-11-23(43)12-10-21)32(47)37-18-24(44)13-14-30(45)39-28(33(48)40-26)15-20-5-2-1-3-6-20/h1-12,26-29,43H,13-19H2,(H2,36,46)(H,37,47)(H,39,45)(H,40,48)(H,41,49)/t26-,27+,28+,29-/m0/s1. The van der Waals surface area contributed by atoms with Crippen molar-refractivity contribution in [2.75, 3.05) is 12.3 Å². The third-order valence-corrected chi connectivity index (χ3v) is 9.16. The molecule has 15 heteroatoms. The molecule has 260 valence electrons. The van der Waals surface area contributed by atoms with Crippen molar-refractivity contribution in [1.29, 1.82) is 0 Å². The zero-order chi connectivity index (χ0) is 35.6. The van der Waals surface area contributed by atoms with Gasteiger partial charge in [-0.25, -0.2) is 0 Å². The SMILES string of the molecule is NC(=O)[C@@H]1Cc2cccc(n2)C2=N[C@@H](CS2)C(=O)N[C@H](Cc2ccc(O)cc2)C(=O)NCC(=O)CCC(=O)N[C@H](Cc2ccccc2)C(=O)N1. The number of benzene rings is 2. The Labute approximate surface area is 292 Å². The van der Waals surface area contributed by atoms with Crippen molar-refractivity contribution in [2.24, 2.45) is 10.7 Å². The van der Waals surface area contributed by atoms with E-state index >= 15 is 0 Å². The molecule has 7 N–H and O–H groups in total. The van der Waals surface area contributed by atoms with Gasteiger partial charge in [0.15, 0.2) is 5.78 Å². The van der Waals surface area contributed by atoms with E-state index < -0.39 is 66.0 Å². The number of fused-ring (bicyclic) bond motifs is 4. The maximum atomic E-state index is 13.5. The van der Waals surface area contributed by atoms with E-state index in [-0.39, 0.29) is 43.6 Å². The molecule has 2 aliphatic rings. The summed E-state index contributed by atoms with van der Waals surface area (Å²) in [6, 6.07) is 16.1. The first-order valence-corrected chi connectivity index (χ1v) is 17.0. The number of phenolic OH excluding ortho intramolecular Hbond substituents is 1. The number of thioether (sulfide) groups is 1. The normalized spacial score (nSPS) is 22.5. The predicted molar refractivity (Wildman–Crippen MR) is 185 cm³/mol. The molecule has 0 unspecified atom stereocenters. The second kappa shape index (κ2) is 16.7. The minimum atomic E-state index is -1.16. The minimum Gasteiger partial charge on any atom is -0.508 e. The van der Waals surface area contributed by atoms with Gasteiger partial charge in [0.1, 0.15) is 35.0 Å². The third kappa shape index (κ3) is 9.98. The van der Waals surface area contributed by atoms with E-state index in [1.54, 1.807) is 54.6 Å². The number of nitrogens with one attached hydrogen (secondary N) is 4. The Kier molecular flexibility index (Phi) is 11.9. The first-order valence-electron chi connectivity index (χ1n) is 16.0. The number of nitrogens with zero attached hydrogens (tertiary/aromatic N) is 2. The Bertz CT molecular complexity index is 1790. The van der Waals surface area contributed by atoms with E-state index in [2.05, 4.69) is 31.2 Å². The fourth-order valence-corrected chi connectivity index (χ4v) is 6.39. The first-order chi connectivity index (χ1) is 24.0. The van der Waals surface area contributed by atoms with E-state index in [0.717, 1.165) is 5.56 Å². The van der Waals surface area contributed by atoms with Crippen molar-refractivity contribution in [1.82, 2.24) is 26.3 Å². The van der Waals surface area contributed by atoms with Gasteiger partial charge in [-0.3, -0.25) is 38.7 Å². The van der Waals surface area contributed by atoms with Crippen molar-refractivity contribution >= 4 is 52.1 Å². The number of pyridine rings is 1. The number of primary amides is 1. The Morgan fingerprint density at radius 2 is 1.50 bits per heavy atom. The molecule has 2 aliphatic heterocycles. The van der Waals surface area contributed by atoms with Gasteiger partial charge in [0, 0.05) is 43.6 Å². The summed E-state index contributed by atoms with van der Waals surface area (Å²) in [7, 11) is 0. The van der Waals surface area contributed by atoms with Crippen molar-refractivity contribution in [3.8, 4) is 5.75 Å². The van der Waals surface area contributed by atoms with Crippen LogP contribution in [0.3, 0.4) is 0 Å². The van der Waals surface area contributed by atoms with Crippen LogP contribution in [0.2, 0.25) is 0 Å². The summed E-state index contributed by atoms with van der Waals surface area (Å²) in [6.07, 6.45) is -0.375. The predicted octanol–water partition coefficient (Wildman–Crippen LogP) is 0.0959. The minimum absolute atomic E-state index is 0.0408. The van der Waals surface area contributed by atoms with Gasteiger partial charge >= 0.3 is 0 Å². The maximum absolute atomic E-state index is 13.5. The number of aliphatic imine (C=N–C) groups is 1. The number of amides is 5. The average molecular weight is 700 g/mol. The number of aromatic nitrogens is 1. The summed E-state index contributed by atoms with van der Waals surface area (Å²) < 4.78 is 0. The highest BCUT2D eigenvalue weighted by atomic mass is 32.2. The number of phenols is 1. The molecule has 0 radical (unpaired) electrons. The molecule has 4 bridgehead atoms. The van der Waals surface area contributed by atoms with Gasteiger partial charge in [0.25, 0.3) is 0 Å². The Morgan fingerprint density at radius 1 is 0.800 bits per heavy atom. The van der Waals surface area contributed by atoms with E-state index in [0.29, 0.717) is 22.0 Å². The number of Topliss-reactive ketones (excluding diaryl/α,β-unsaturated/α-hetero) is 1. The summed E-state index contributed by atoms with van der Waals surface area (Å²) in [5.74, 6) is -3.27. The first kappa shape index (κ1) is 35.7. The molecule has 50 heavy (non-hydrogen) atoms. The highest BCUT2D eigenvalue weighted by Crippen LogP contribution is 2.23. The van der Waals surface area contributed by atoms with Gasteiger partial charge in [-0.1, -0.05) is 48.5 Å². The van der Waals surface area contributed by atoms with E-state index in [1.807, 2.05) is 6.07 Å². The second-order valence-corrected chi connectivity index (χ2v) is 12.9. The molecule has 0 saturated carbocycles. The lowest BCUT2D eigenvalue weighted by Gasteiger charge is -2.22. The largest absolute Gasteiger partial charge is 0.508 e. The monoisotopic (exact) mass is 699 g/mol. The van der Waals surface area contributed by atoms with Crippen LogP contribution in [0.5, 0.6) is 5.75 Å². The van der Waals surface area contributed by atoms with Crippen LogP contribution < -0.4 is 27.0 Å².